The molecular weight excluding hydrogens is 201 g/mol. The molecule has 1 unspecified atom stereocenters. The Hall–Kier alpha value is -0.780. The fourth-order valence-electron chi connectivity index (χ4n) is 0.903. The second-order valence-corrected chi connectivity index (χ2v) is 2.60. The number of carbonyl (C=O) groups is 1. The highest BCUT2D eigenvalue weighted by atomic mass is 19.4. The van der Waals surface area contributed by atoms with Crippen LogP contribution in [0.3, 0.4) is 0 Å². The highest BCUT2D eigenvalue weighted by Crippen LogP contribution is 2.29. The summed E-state index contributed by atoms with van der Waals surface area (Å²) in [5, 5.41) is 0. The number of esters is 1. The third-order valence-corrected chi connectivity index (χ3v) is 1.64. The molecule has 0 amide bonds. The fraction of sp³-hybridized carbons (Fsp3) is 0.875. The third-order valence-electron chi connectivity index (χ3n) is 1.64. The van der Waals surface area contributed by atoms with E-state index in [9.17, 15) is 18.0 Å². The highest BCUT2D eigenvalue weighted by Gasteiger charge is 2.45. The van der Waals surface area contributed by atoms with Crippen molar-refractivity contribution in [3.8, 4) is 0 Å². The van der Waals surface area contributed by atoms with Gasteiger partial charge in [0.05, 0.1) is 7.11 Å². The van der Waals surface area contributed by atoms with Crippen molar-refractivity contribution in [2.45, 2.75) is 19.5 Å². The molecule has 0 aromatic heterocycles. The number of ether oxygens (including phenoxy) is 2. The van der Waals surface area contributed by atoms with E-state index in [0.717, 1.165) is 7.11 Å². The van der Waals surface area contributed by atoms with Crippen molar-refractivity contribution in [3.05, 3.63) is 0 Å². The maximum atomic E-state index is 12.2. The van der Waals surface area contributed by atoms with E-state index >= 15 is 0 Å². The molecule has 0 aliphatic carbocycles. The first kappa shape index (κ1) is 13.2. The molecule has 0 fully saturated rings. The van der Waals surface area contributed by atoms with Crippen LogP contribution in [0.1, 0.15) is 13.3 Å². The first-order chi connectivity index (χ1) is 6.43. The molecule has 0 saturated heterocycles. The zero-order valence-electron chi connectivity index (χ0n) is 8.06. The summed E-state index contributed by atoms with van der Waals surface area (Å²) >= 11 is 0. The lowest BCUT2D eigenvalue weighted by Gasteiger charge is -2.17. The average molecular weight is 214 g/mol. The number of carbonyl (C=O) groups excluding carboxylic acids is 1. The van der Waals surface area contributed by atoms with Gasteiger partial charge in [-0.05, 0) is 13.3 Å². The van der Waals surface area contributed by atoms with Crippen LogP contribution in [0.5, 0.6) is 0 Å². The molecule has 0 aromatic rings. The van der Waals surface area contributed by atoms with Crippen LogP contribution in [-0.4, -0.2) is 32.5 Å². The molecule has 0 aromatic carbocycles. The van der Waals surface area contributed by atoms with Gasteiger partial charge < -0.3 is 9.47 Å². The van der Waals surface area contributed by atoms with Crippen molar-refractivity contribution in [2.24, 2.45) is 5.92 Å². The monoisotopic (exact) mass is 214 g/mol. The molecule has 14 heavy (non-hydrogen) atoms. The molecule has 0 spiro atoms. The van der Waals surface area contributed by atoms with Crippen LogP contribution < -0.4 is 0 Å². The molecule has 0 heterocycles. The standard InChI is InChI=1S/C8H13F3O3/c1-3-14-5-4-6(7(12)13-2)8(9,10)11/h6H,3-5H2,1-2H3. The Labute approximate surface area is 80.2 Å². The Bertz CT molecular complexity index is 179. The van der Waals surface area contributed by atoms with E-state index in [0.29, 0.717) is 6.61 Å². The molecule has 84 valence electrons. The molecular formula is C8H13F3O3. The van der Waals surface area contributed by atoms with Gasteiger partial charge in [-0.15, -0.1) is 0 Å². The van der Waals surface area contributed by atoms with E-state index in [-0.39, 0.29) is 6.61 Å². The quantitative estimate of drug-likeness (QED) is 0.516. The number of rotatable bonds is 5. The molecule has 0 N–H and O–H groups in total. The van der Waals surface area contributed by atoms with E-state index in [4.69, 9.17) is 4.74 Å². The smallest absolute Gasteiger partial charge is 0.402 e. The summed E-state index contributed by atoms with van der Waals surface area (Å²) in [6.45, 7) is 1.89. The maximum absolute atomic E-state index is 12.2. The van der Waals surface area contributed by atoms with Gasteiger partial charge in [0.1, 0.15) is 0 Å². The highest BCUT2D eigenvalue weighted by molar-refractivity contribution is 5.73. The summed E-state index contributed by atoms with van der Waals surface area (Å²) in [6.07, 6.45) is -4.96. The van der Waals surface area contributed by atoms with Gasteiger partial charge in [-0.25, -0.2) is 0 Å². The van der Waals surface area contributed by atoms with Crippen molar-refractivity contribution in [2.75, 3.05) is 20.3 Å². The molecule has 0 aliphatic heterocycles. The minimum absolute atomic E-state index is 0.101. The average Bonchev–Trinajstić information content (AvgIpc) is 2.09. The lowest BCUT2D eigenvalue weighted by atomic mass is 10.1. The normalized spacial score (nSPS) is 13.8. The largest absolute Gasteiger partial charge is 0.469 e. The van der Waals surface area contributed by atoms with Crippen molar-refractivity contribution < 1.29 is 27.4 Å². The van der Waals surface area contributed by atoms with Crippen LogP contribution in [0.25, 0.3) is 0 Å². The van der Waals surface area contributed by atoms with Crippen LogP contribution >= 0.6 is 0 Å². The molecule has 0 radical (unpaired) electrons. The fourth-order valence-corrected chi connectivity index (χ4v) is 0.903. The molecule has 0 rings (SSSR count). The van der Waals surface area contributed by atoms with Crippen LogP contribution in [0.15, 0.2) is 0 Å². The number of hydrogen-bond donors (Lipinski definition) is 0. The zero-order chi connectivity index (χ0) is 11.2. The Morgan fingerprint density at radius 3 is 2.36 bits per heavy atom. The van der Waals surface area contributed by atoms with Crippen molar-refractivity contribution in [3.63, 3.8) is 0 Å². The molecule has 0 saturated carbocycles. The SMILES string of the molecule is CCOCCC(C(=O)OC)C(F)(F)F. The van der Waals surface area contributed by atoms with Gasteiger partial charge in [0.2, 0.25) is 0 Å². The van der Waals surface area contributed by atoms with Crippen LogP contribution in [0, 0.1) is 5.92 Å². The van der Waals surface area contributed by atoms with E-state index in [1.165, 1.54) is 0 Å². The lowest BCUT2D eigenvalue weighted by Crippen LogP contribution is -2.32. The predicted octanol–water partition coefficient (Wildman–Crippen LogP) is 1.76. The van der Waals surface area contributed by atoms with Gasteiger partial charge in [-0.3, -0.25) is 4.79 Å². The minimum Gasteiger partial charge on any atom is -0.469 e. The van der Waals surface area contributed by atoms with Gasteiger partial charge in [-0.1, -0.05) is 0 Å². The summed E-state index contributed by atoms with van der Waals surface area (Å²) < 4.78 is 45.5. The lowest BCUT2D eigenvalue weighted by molar-refractivity contribution is -0.198. The first-order valence-electron chi connectivity index (χ1n) is 4.15. The summed E-state index contributed by atoms with van der Waals surface area (Å²) in [6, 6.07) is 0. The van der Waals surface area contributed by atoms with Gasteiger partial charge in [0.15, 0.2) is 5.92 Å². The predicted molar refractivity (Wildman–Crippen MR) is 42.7 cm³/mol. The van der Waals surface area contributed by atoms with Gasteiger partial charge in [0, 0.05) is 13.2 Å². The number of alkyl halides is 3. The molecule has 1 atom stereocenters. The molecule has 3 nitrogen and oxygen atoms in total. The van der Waals surface area contributed by atoms with Crippen molar-refractivity contribution in [1.82, 2.24) is 0 Å². The molecule has 0 bridgehead atoms. The van der Waals surface area contributed by atoms with E-state index in [1.807, 2.05) is 0 Å². The van der Waals surface area contributed by atoms with Crippen LogP contribution in [-0.2, 0) is 14.3 Å². The van der Waals surface area contributed by atoms with Crippen LogP contribution in [0.2, 0.25) is 0 Å². The van der Waals surface area contributed by atoms with E-state index in [1.54, 1.807) is 6.92 Å². The van der Waals surface area contributed by atoms with E-state index < -0.39 is 24.5 Å². The first-order valence-corrected chi connectivity index (χ1v) is 4.15. The van der Waals surface area contributed by atoms with Gasteiger partial charge >= 0.3 is 12.1 Å². The summed E-state index contributed by atoms with van der Waals surface area (Å²) in [5.41, 5.74) is 0. The second kappa shape index (κ2) is 5.85. The summed E-state index contributed by atoms with van der Waals surface area (Å²) in [5.74, 6) is -3.35. The Morgan fingerprint density at radius 1 is 1.43 bits per heavy atom. The minimum atomic E-state index is -4.57. The van der Waals surface area contributed by atoms with E-state index in [2.05, 4.69) is 4.74 Å². The van der Waals surface area contributed by atoms with Gasteiger partial charge in [-0.2, -0.15) is 13.2 Å². The Kier molecular flexibility index (Phi) is 5.52. The van der Waals surface area contributed by atoms with Gasteiger partial charge in [0.25, 0.3) is 0 Å². The summed E-state index contributed by atoms with van der Waals surface area (Å²) in [7, 11) is 0.932. The number of methoxy groups -OCH3 is 1. The molecule has 6 heteroatoms. The second-order valence-electron chi connectivity index (χ2n) is 2.60. The summed E-state index contributed by atoms with van der Waals surface area (Å²) in [4.78, 5) is 10.8. The Balaban J connectivity index is 4.19. The van der Waals surface area contributed by atoms with Crippen molar-refractivity contribution in [1.29, 1.82) is 0 Å². The topological polar surface area (TPSA) is 35.5 Å². The number of halogens is 3. The third kappa shape index (κ3) is 4.45. The zero-order valence-corrected chi connectivity index (χ0v) is 8.06. The van der Waals surface area contributed by atoms with Crippen molar-refractivity contribution >= 4 is 5.97 Å². The number of hydrogen-bond acceptors (Lipinski definition) is 3. The Morgan fingerprint density at radius 2 is 2.00 bits per heavy atom. The van der Waals surface area contributed by atoms with Crippen LogP contribution in [0.4, 0.5) is 13.2 Å². The maximum Gasteiger partial charge on any atom is 0.402 e. The molecule has 0 aliphatic rings.